The van der Waals surface area contributed by atoms with Crippen LogP contribution < -0.4 is 89.1 Å². The monoisotopic (exact) mass is 1640 g/mol. The zero-order chi connectivity index (χ0) is 72.0. The van der Waals surface area contributed by atoms with Crippen molar-refractivity contribution < 1.29 is 113 Å². The number of quaternary nitrogens is 1. The number of hydrogen-bond acceptors (Lipinski definition) is 21. The van der Waals surface area contributed by atoms with E-state index >= 15 is 0 Å². The second-order valence-corrected chi connectivity index (χ2v) is 31.1. The molecule has 1 N–H and O–H groups in total. The molecule has 37 heteroatoms. The Morgan fingerprint density at radius 2 is 0.864 bits per heavy atom. The molecule has 5 fully saturated rings. The molecule has 5 saturated heterocycles. The molecule has 576 valence electrons. The molecule has 0 aliphatic carbocycles. The van der Waals surface area contributed by atoms with Gasteiger partial charge in [0.2, 0.25) is 82.6 Å². The summed E-state index contributed by atoms with van der Waals surface area (Å²) in [6.07, 6.45) is 86.0. The minimum atomic E-state index is 0. The molecule has 2 atom stereocenters. The maximum Gasteiger partial charge on any atom is 1.00 e. The molecule has 1 spiro atoms. The van der Waals surface area contributed by atoms with E-state index in [1.54, 1.807) is 43.8 Å². The molecular weight excluding hydrogens is 1530 g/mol. The summed E-state index contributed by atoms with van der Waals surface area (Å²) in [4.78, 5) is 58.0. The van der Waals surface area contributed by atoms with Gasteiger partial charge >= 0.3 is 64.2 Å². The molecule has 17 aliphatic rings. The third kappa shape index (κ3) is 16.4. The number of imidazole rings is 6. The Hall–Kier alpha value is -9.67. The van der Waals surface area contributed by atoms with Gasteiger partial charge in [0.1, 0.15) is 55.7 Å². The number of halogens is 1. The fourth-order valence-electron chi connectivity index (χ4n) is 17.4. The predicted molar refractivity (Wildman–Crippen MR) is 400 cm³/mol. The van der Waals surface area contributed by atoms with Crippen LogP contribution in [-0.2, 0) is 39.9 Å². The summed E-state index contributed by atoms with van der Waals surface area (Å²) < 4.78 is 27.9. The zero-order valence-electron chi connectivity index (χ0n) is 64.3. The fourth-order valence-corrected chi connectivity index (χ4v) is 17.4. The van der Waals surface area contributed by atoms with Crippen molar-refractivity contribution in [2.24, 2.45) is 5.41 Å². The second-order valence-electron chi connectivity index (χ2n) is 31.1. The maximum atomic E-state index is 4.02. The van der Waals surface area contributed by atoms with Gasteiger partial charge in [0.15, 0.2) is 26.7 Å². The van der Waals surface area contributed by atoms with Crippen molar-refractivity contribution in [2.75, 3.05) is 135 Å². The Labute approximate surface area is 705 Å². The quantitative estimate of drug-likeness (QED) is 0.0695. The van der Waals surface area contributed by atoms with E-state index in [0.717, 1.165) is 158 Å². The van der Waals surface area contributed by atoms with Gasteiger partial charge in [-0.3, -0.25) is 14.3 Å². The largest absolute Gasteiger partial charge is 1.00 e. The molecule has 6 aromatic heterocycles. The molecule has 23 heterocycles. The minimum Gasteiger partial charge on any atom is -1.00 e. The Balaban J connectivity index is 0.000000115. The average molecular weight is 1640 g/mol. The topological polar surface area (TPSA) is 161 Å². The molecule has 2 unspecified atom stereocenters. The van der Waals surface area contributed by atoms with Crippen LogP contribution >= 0.6 is 0 Å². The molecule has 110 heavy (non-hydrogen) atoms. The standard InChI is InChI=1S/C17H20N8.C16H24N8.C16H23N8.C11H13N6.C9H19N3.C3H4N2.CH4.HI.K.H/c1-2-19-10-21-5-6-23-12-25-8-7-24-11-22-4-3-20-9-18(1)13(19)17(14(20)22,15(21)23)16(24)25;2*1-2-18-9-17(1)13-19-3-4-21(10-19)15-23-7-8-24(12-23)16-22-6-5-20(11-22)14-18;1-3-14(7-12-1)9-16-5-6-17(11-16)10-15-4-2-13-8-15;1-5-10-6-7-11(8-10)9-12(2,3)4;1-2-5-3-4-1;;;;/h1-8,13-16H,9-12H2;1-8H,9-16H2;1-9H,10-16H2;1-8,11H,9-10H2;6-8H,5,9H2,1-4H3;1-3H,(H,4,5);1H4;1H;;/q2*+2;2*+1;+2;;;;+1;-1/p-1. The van der Waals surface area contributed by atoms with E-state index in [1.807, 2.05) is 33.9 Å². The second kappa shape index (κ2) is 32.7. The number of hydrogen-bond donors (Lipinski definition) is 1. The fraction of sp³-hybridized carbons (Fsp3) is 0.452. The number of H-pyrrole nitrogens is 1. The van der Waals surface area contributed by atoms with Crippen molar-refractivity contribution >= 4 is 24.9 Å². The molecule has 17 aliphatic heterocycles. The van der Waals surface area contributed by atoms with Crippen LogP contribution in [0.3, 0.4) is 0 Å². The molecule has 0 aromatic carbocycles. The van der Waals surface area contributed by atoms with Gasteiger partial charge in [0.25, 0.3) is 0 Å². The van der Waals surface area contributed by atoms with Crippen LogP contribution in [0.1, 0.15) is 15.8 Å². The zero-order valence-corrected chi connectivity index (χ0v) is 68.5. The maximum absolute atomic E-state index is 4.02. The molecular formula is C73H108IKN35+7. The van der Waals surface area contributed by atoms with Gasteiger partial charge in [0, 0.05) is 149 Å². The van der Waals surface area contributed by atoms with Crippen molar-refractivity contribution in [1.82, 2.24) is 131 Å². The van der Waals surface area contributed by atoms with Gasteiger partial charge in [0.05, 0.1) is 127 Å². The van der Waals surface area contributed by atoms with Crippen molar-refractivity contribution in [3.05, 3.63) is 224 Å². The summed E-state index contributed by atoms with van der Waals surface area (Å²) in [6.45, 7) is 23.7. The molecule has 0 saturated carbocycles. The van der Waals surface area contributed by atoms with Gasteiger partial charge in [-0.2, -0.15) is 13.7 Å². The van der Waals surface area contributed by atoms with Gasteiger partial charge in [-0.15, -0.1) is 9.15 Å². The van der Waals surface area contributed by atoms with E-state index in [9.17, 15) is 0 Å². The van der Waals surface area contributed by atoms with Gasteiger partial charge < -0.3 is 118 Å². The van der Waals surface area contributed by atoms with Crippen LogP contribution in [-0.4, -0.2) is 338 Å². The Kier molecular flexibility index (Phi) is 22.5. The normalized spacial score (nSPS) is 24.1. The van der Waals surface area contributed by atoms with Crippen LogP contribution in [0.15, 0.2) is 224 Å². The van der Waals surface area contributed by atoms with E-state index in [0.29, 0.717) is 24.7 Å². The number of nitrogens with zero attached hydrogens (tertiary/aromatic N) is 34. The first-order chi connectivity index (χ1) is 52.4. The molecule has 6 aromatic rings. The first kappa shape index (κ1) is 75.7. The number of nitrogens with one attached hydrogen (secondary N) is 1. The minimum absolute atomic E-state index is 0. The molecule has 0 amide bonds. The number of aromatic nitrogens is 12. The molecule has 23 rings (SSSR count). The third-order valence-corrected chi connectivity index (χ3v) is 21.6. The number of aryl methyl sites for hydroxylation is 1. The Bertz CT molecular complexity index is 4250. The van der Waals surface area contributed by atoms with Crippen molar-refractivity contribution in [3.8, 4) is 0 Å². The smallest absolute Gasteiger partial charge is 1.00 e. The number of aromatic amines is 1. The van der Waals surface area contributed by atoms with Crippen LogP contribution in [0.2, 0.25) is 0 Å². The first-order valence-electron chi connectivity index (χ1n) is 37.1. The summed E-state index contributed by atoms with van der Waals surface area (Å²) in [7, 11) is 6.57. The van der Waals surface area contributed by atoms with Gasteiger partial charge in [-0.05, 0) is 6.92 Å². The average Bonchev–Trinajstić information content (AvgIpc) is 1.45. The Morgan fingerprint density at radius 1 is 0.427 bits per heavy atom. The van der Waals surface area contributed by atoms with Crippen molar-refractivity contribution in [1.29, 1.82) is 0 Å². The number of rotatable bonds is 7. The van der Waals surface area contributed by atoms with E-state index in [4.69, 9.17) is 0 Å². The molecule has 35 nitrogen and oxygen atoms in total. The van der Waals surface area contributed by atoms with E-state index in [-0.39, 0.29) is 89.6 Å². The van der Waals surface area contributed by atoms with E-state index in [1.165, 1.54) is 0 Å². The predicted octanol–water partition coefficient (Wildman–Crippen LogP) is -6.72. The van der Waals surface area contributed by atoms with Crippen LogP contribution in [0.4, 0.5) is 0 Å². The summed E-state index contributed by atoms with van der Waals surface area (Å²) in [6, 6.07) is 0. The summed E-state index contributed by atoms with van der Waals surface area (Å²) >= 11 is 0. The van der Waals surface area contributed by atoms with E-state index in [2.05, 4.69) is 362 Å². The number of fused-ring (bicyclic) bond motifs is 16. The van der Waals surface area contributed by atoms with Crippen LogP contribution in [0.25, 0.3) is 0 Å². The Morgan fingerprint density at radius 3 is 1.31 bits per heavy atom. The van der Waals surface area contributed by atoms with Crippen LogP contribution in [0.5, 0.6) is 0 Å². The summed E-state index contributed by atoms with van der Waals surface area (Å²) in [5.41, 5.74) is 0.0625. The van der Waals surface area contributed by atoms with Gasteiger partial charge in [-0.25, -0.2) is 37.8 Å². The molecule has 0 radical (unpaired) electrons. The van der Waals surface area contributed by atoms with Crippen molar-refractivity contribution in [2.45, 2.75) is 78.9 Å². The van der Waals surface area contributed by atoms with Crippen LogP contribution in [0, 0.1) is 5.41 Å². The third-order valence-electron chi connectivity index (χ3n) is 21.6. The summed E-state index contributed by atoms with van der Waals surface area (Å²) in [5.74, 6) is 0. The van der Waals surface area contributed by atoms with Gasteiger partial charge in [-0.1, -0.05) is 7.43 Å². The van der Waals surface area contributed by atoms with Crippen molar-refractivity contribution in [3.63, 3.8) is 0 Å². The summed E-state index contributed by atoms with van der Waals surface area (Å²) in [5, 5.41) is 0. The SMILES string of the molecule is C.C1=CN2CN1CN1C=CN(C1)C[N+]1=CC=[N+](CN3C=CN(C2)C3)C1.C1=CN2CN1CN1C=CN(C1)Cn1cc[n+](c1)CN1C=CN(C2)C1.C1=CN2CN3C=CN4C[N+]5=CC=[N+]6CN7C=CN8CN1C2C(C87)(C34)C65.CCn1cc[n+](C[N+](C)(C)C)c1.[H-].[I-].[K+].c1c[nH]cn1.c1cn(Cn2cc[n+](Cn3ccnc3)c2)cn1. The molecule has 16 bridgehead atoms. The van der Waals surface area contributed by atoms with E-state index < -0.39 is 0 Å². The first-order valence-corrected chi connectivity index (χ1v) is 37.1.